The van der Waals surface area contributed by atoms with Gasteiger partial charge in [-0.1, -0.05) is 0 Å². The van der Waals surface area contributed by atoms with E-state index >= 15 is 0 Å². The summed E-state index contributed by atoms with van der Waals surface area (Å²) in [5.41, 5.74) is 8.02. The quantitative estimate of drug-likeness (QED) is 0.766. The van der Waals surface area contributed by atoms with E-state index in [-0.39, 0.29) is 29.0 Å². The number of nitrogens with one attached hydrogen (secondary N) is 1. The van der Waals surface area contributed by atoms with Crippen LogP contribution in [0.15, 0.2) is 29.2 Å². The first-order valence-corrected chi connectivity index (χ1v) is 11.4. The molecule has 1 aliphatic carbocycles. The van der Waals surface area contributed by atoms with Crippen LogP contribution in [0.1, 0.15) is 46.1 Å². The van der Waals surface area contributed by atoms with E-state index in [0.29, 0.717) is 30.0 Å². The fourth-order valence-electron chi connectivity index (χ4n) is 3.91. The molecule has 1 aromatic heterocycles. The number of hydrogen-bond acceptors (Lipinski definition) is 5. The zero-order valence-corrected chi connectivity index (χ0v) is 17.2. The molecule has 0 atom stereocenters. The zero-order valence-electron chi connectivity index (χ0n) is 16.4. The molecule has 3 amide bonds. The van der Waals surface area contributed by atoms with Gasteiger partial charge in [-0.25, -0.2) is 13.2 Å². The summed E-state index contributed by atoms with van der Waals surface area (Å²) in [4.78, 5) is 26.5. The topological polar surface area (TPSA) is 138 Å². The van der Waals surface area contributed by atoms with Gasteiger partial charge in [0.2, 0.25) is 0 Å². The molecule has 2 heterocycles. The highest BCUT2D eigenvalue weighted by Gasteiger charge is 2.37. The van der Waals surface area contributed by atoms with E-state index in [1.807, 2.05) is 4.57 Å². The minimum absolute atomic E-state index is 0.160. The van der Waals surface area contributed by atoms with Crippen molar-refractivity contribution in [3.63, 3.8) is 0 Å². The van der Waals surface area contributed by atoms with E-state index < -0.39 is 15.7 Å². The molecule has 0 unspecified atom stereocenters. The maximum Gasteiger partial charge on any atom is 0.322 e. The molecule has 9 nitrogen and oxygen atoms in total. The number of sulfone groups is 1. The predicted molar refractivity (Wildman–Crippen MR) is 109 cm³/mol. The van der Waals surface area contributed by atoms with Crippen LogP contribution in [0.2, 0.25) is 0 Å². The van der Waals surface area contributed by atoms with Crippen LogP contribution in [0.5, 0.6) is 0 Å². The number of anilines is 1. The number of amides is 3. The predicted octanol–water partition coefficient (Wildman–Crippen LogP) is 1.79. The second kappa shape index (κ2) is 7.18. The van der Waals surface area contributed by atoms with Crippen molar-refractivity contribution >= 4 is 27.5 Å². The molecule has 0 bridgehead atoms. The number of benzene rings is 1. The van der Waals surface area contributed by atoms with E-state index in [1.165, 1.54) is 24.3 Å². The van der Waals surface area contributed by atoms with Crippen LogP contribution in [-0.2, 0) is 22.9 Å². The molecule has 0 saturated heterocycles. The van der Waals surface area contributed by atoms with E-state index in [9.17, 15) is 23.3 Å². The molecule has 1 fully saturated rings. The second-order valence-electron chi connectivity index (χ2n) is 7.63. The molecule has 1 saturated carbocycles. The van der Waals surface area contributed by atoms with Crippen LogP contribution in [0.3, 0.4) is 0 Å². The largest absolute Gasteiger partial charge is 0.366 e. The van der Waals surface area contributed by atoms with Crippen LogP contribution in [-0.4, -0.2) is 42.6 Å². The van der Waals surface area contributed by atoms with E-state index in [4.69, 9.17) is 5.73 Å². The second-order valence-corrected chi connectivity index (χ2v) is 9.65. The molecule has 4 rings (SSSR count). The van der Waals surface area contributed by atoms with Crippen molar-refractivity contribution in [2.45, 2.75) is 36.7 Å². The fourth-order valence-corrected chi connectivity index (χ4v) is 4.54. The Bertz CT molecular complexity index is 1190. The summed E-state index contributed by atoms with van der Waals surface area (Å²) in [5, 5.41) is 12.4. The van der Waals surface area contributed by atoms with Crippen molar-refractivity contribution in [2.24, 2.45) is 5.73 Å². The molecular formula is C20H21N5O4S. The number of rotatable bonds is 4. The summed E-state index contributed by atoms with van der Waals surface area (Å²) in [6.07, 6.45) is 3.07. The Morgan fingerprint density at radius 3 is 2.40 bits per heavy atom. The average molecular weight is 427 g/mol. The van der Waals surface area contributed by atoms with Crippen LogP contribution < -0.4 is 11.1 Å². The van der Waals surface area contributed by atoms with Gasteiger partial charge >= 0.3 is 6.03 Å². The van der Waals surface area contributed by atoms with Gasteiger partial charge in [0.15, 0.2) is 9.84 Å². The van der Waals surface area contributed by atoms with Gasteiger partial charge in [-0.2, -0.15) is 5.26 Å². The number of carbonyl (C=O) groups excluding carboxylic acids is 2. The molecule has 10 heteroatoms. The first-order valence-electron chi connectivity index (χ1n) is 9.52. The van der Waals surface area contributed by atoms with Gasteiger partial charge in [0.1, 0.15) is 6.07 Å². The molecule has 2 aromatic rings. The fraction of sp³-hybridized carbons (Fsp3) is 0.350. The SMILES string of the molecule is CS(=O)(=O)c1ccc(NC(=O)N2CCn3c(c(C(N)=O)c(C#N)c3C3CC3)C2)cc1. The highest BCUT2D eigenvalue weighted by atomic mass is 32.2. The van der Waals surface area contributed by atoms with Crippen molar-refractivity contribution in [1.29, 1.82) is 5.26 Å². The molecule has 1 aliphatic heterocycles. The van der Waals surface area contributed by atoms with Crippen molar-refractivity contribution in [3.05, 3.63) is 46.8 Å². The minimum Gasteiger partial charge on any atom is -0.366 e. The number of fused-ring (bicyclic) bond motifs is 1. The Hall–Kier alpha value is -3.32. The van der Waals surface area contributed by atoms with Crippen LogP contribution in [0.4, 0.5) is 10.5 Å². The van der Waals surface area contributed by atoms with Crippen LogP contribution in [0.25, 0.3) is 0 Å². The van der Waals surface area contributed by atoms with E-state index in [2.05, 4.69) is 11.4 Å². The smallest absolute Gasteiger partial charge is 0.322 e. The van der Waals surface area contributed by atoms with Gasteiger partial charge in [-0.3, -0.25) is 4.79 Å². The number of nitriles is 1. The maximum atomic E-state index is 12.8. The number of carbonyl (C=O) groups is 2. The number of hydrogen-bond donors (Lipinski definition) is 2. The third-order valence-corrected chi connectivity index (χ3v) is 6.62. The van der Waals surface area contributed by atoms with E-state index in [1.54, 1.807) is 4.90 Å². The van der Waals surface area contributed by atoms with E-state index in [0.717, 1.165) is 24.8 Å². The molecule has 0 spiro atoms. The van der Waals surface area contributed by atoms with Crippen molar-refractivity contribution in [2.75, 3.05) is 18.1 Å². The molecule has 156 valence electrons. The third-order valence-electron chi connectivity index (χ3n) is 5.49. The lowest BCUT2D eigenvalue weighted by atomic mass is 10.1. The molecule has 2 aliphatic rings. The normalized spacial score (nSPS) is 15.9. The maximum absolute atomic E-state index is 12.8. The molecule has 3 N–H and O–H groups in total. The summed E-state index contributed by atoms with van der Waals surface area (Å²) in [7, 11) is -3.32. The standard InChI is InChI=1S/C20H21N5O4S/c1-30(28,29)14-6-4-13(5-7-14)23-20(27)24-8-9-25-16(11-24)17(19(22)26)15(10-21)18(25)12-2-3-12/h4-7,12H,2-3,8-9,11H2,1H3,(H2,22,26)(H,23,27). The van der Waals surface area contributed by atoms with Crippen LogP contribution >= 0.6 is 0 Å². The molecule has 0 radical (unpaired) electrons. The number of nitrogens with two attached hydrogens (primary N) is 1. The highest BCUT2D eigenvalue weighted by Crippen LogP contribution is 2.44. The van der Waals surface area contributed by atoms with Crippen molar-refractivity contribution in [3.8, 4) is 6.07 Å². The third kappa shape index (κ3) is 3.52. The number of urea groups is 1. The van der Waals surface area contributed by atoms with Crippen molar-refractivity contribution in [1.82, 2.24) is 9.47 Å². The summed E-state index contributed by atoms with van der Waals surface area (Å²) < 4.78 is 25.1. The Morgan fingerprint density at radius 2 is 1.87 bits per heavy atom. The number of primary amides is 1. The lowest BCUT2D eigenvalue weighted by Crippen LogP contribution is -2.41. The monoisotopic (exact) mass is 427 g/mol. The first kappa shape index (κ1) is 20.0. The van der Waals surface area contributed by atoms with Crippen LogP contribution in [0, 0.1) is 11.3 Å². The zero-order chi connectivity index (χ0) is 21.6. The number of aromatic nitrogens is 1. The first-order chi connectivity index (χ1) is 14.2. The molecule has 1 aromatic carbocycles. The summed E-state index contributed by atoms with van der Waals surface area (Å²) in [6, 6.07) is 7.66. The van der Waals surface area contributed by atoms with Gasteiger partial charge in [0, 0.05) is 36.6 Å². The Balaban J connectivity index is 1.58. The number of nitrogens with zero attached hydrogens (tertiary/aromatic N) is 3. The molecule has 30 heavy (non-hydrogen) atoms. The van der Waals surface area contributed by atoms with Gasteiger partial charge < -0.3 is 20.5 Å². The van der Waals surface area contributed by atoms with Crippen molar-refractivity contribution < 1.29 is 18.0 Å². The van der Waals surface area contributed by atoms with Gasteiger partial charge in [0.25, 0.3) is 5.91 Å². The lowest BCUT2D eigenvalue weighted by Gasteiger charge is -2.30. The molecular weight excluding hydrogens is 406 g/mol. The van der Waals surface area contributed by atoms with Gasteiger partial charge in [0.05, 0.1) is 28.3 Å². The summed E-state index contributed by atoms with van der Waals surface area (Å²) in [6.45, 7) is 1.05. The van der Waals surface area contributed by atoms with Gasteiger partial charge in [-0.05, 0) is 37.1 Å². The summed E-state index contributed by atoms with van der Waals surface area (Å²) in [5.74, 6) is -0.402. The Morgan fingerprint density at radius 1 is 1.20 bits per heavy atom. The minimum atomic E-state index is -3.32. The Labute approximate surface area is 174 Å². The highest BCUT2D eigenvalue weighted by molar-refractivity contribution is 7.90. The lowest BCUT2D eigenvalue weighted by molar-refractivity contribution is 0.0996. The Kier molecular flexibility index (Phi) is 4.78. The summed E-state index contributed by atoms with van der Waals surface area (Å²) >= 11 is 0. The van der Waals surface area contributed by atoms with Gasteiger partial charge in [-0.15, -0.1) is 0 Å². The average Bonchev–Trinajstić information content (AvgIpc) is 3.47.